The molecule has 1 N–H and O–H groups in total. The highest BCUT2D eigenvalue weighted by Crippen LogP contribution is 2.27. The van der Waals surface area contributed by atoms with Crippen molar-refractivity contribution >= 4 is 15.9 Å². The zero-order chi connectivity index (χ0) is 16.0. The number of rotatable bonds is 8. The largest absolute Gasteiger partial charge is 0.496 e. The molecule has 1 rings (SSSR count). The Labute approximate surface area is 138 Å². The number of nitrogens with one attached hydrogen (secondary N) is 1. The topological polar surface area (TPSA) is 24.5 Å². The Hall–Kier alpha value is -0.580. The maximum Gasteiger partial charge on any atom is 0.122 e. The quantitative estimate of drug-likeness (QED) is 0.768. The van der Waals surface area contributed by atoms with E-state index >= 15 is 0 Å². The van der Waals surface area contributed by atoms with Gasteiger partial charge in [0.1, 0.15) is 5.75 Å². The first-order valence-corrected chi connectivity index (χ1v) is 8.35. The molecule has 1 aromatic carbocycles. The molecule has 0 aromatic heterocycles. The molecule has 0 heterocycles. The molecule has 0 aliphatic rings. The molecule has 1 atom stereocenters. The lowest BCUT2D eigenvalue weighted by molar-refractivity contribution is 0.136. The van der Waals surface area contributed by atoms with Crippen LogP contribution >= 0.6 is 15.9 Å². The first-order chi connectivity index (χ1) is 9.82. The second-order valence-electron chi connectivity index (χ2n) is 6.22. The standard InChI is InChI=1S/C17H29BrN2O/c1-7-10-19-16(17(2,3)20(4)5)12-13-11-14(18)8-9-15(13)21-6/h8-9,11,16,19H,7,10,12H2,1-6H3. The van der Waals surface area contributed by atoms with Crippen molar-refractivity contribution in [2.45, 2.75) is 45.2 Å². The van der Waals surface area contributed by atoms with Crippen LogP contribution in [0.2, 0.25) is 0 Å². The molecule has 0 aliphatic carbocycles. The number of halogens is 1. The van der Waals surface area contributed by atoms with Crippen LogP contribution in [-0.4, -0.2) is 44.2 Å². The van der Waals surface area contributed by atoms with Crippen molar-refractivity contribution in [3.63, 3.8) is 0 Å². The monoisotopic (exact) mass is 356 g/mol. The van der Waals surface area contributed by atoms with Crippen molar-refractivity contribution in [1.82, 2.24) is 10.2 Å². The van der Waals surface area contributed by atoms with Crippen LogP contribution in [0.3, 0.4) is 0 Å². The second kappa shape index (κ2) is 8.16. The molecule has 0 aliphatic heterocycles. The van der Waals surface area contributed by atoms with E-state index in [2.05, 4.69) is 67.1 Å². The summed E-state index contributed by atoms with van der Waals surface area (Å²) in [5.41, 5.74) is 1.29. The van der Waals surface area contributed by atoms with E-state index in [0.29, 0.717) is 6.04 Å². The molecule has 1 aromatic rings. The lowest BCUT2D eigenvalue weighted by atomic mass is 9.87. The summed E-state index contributed by atoms with van der Waals surface area (Å²) in [6, 6.07) is 6.56. The Kier molecular flexibility index (Phi) is 7.17. The van der Waals surface area contributed by atoms with Crippen LogP contribution in [0.25, 0.3) is 0 Å². The first kappa shape index (κ1) is 18.5. The summed E-state index contributed by atoms with van der Waals surface area (Å²) in [6.07, 6.45) is 2.07. The SMILES string of the molecule is CCCNC(Cc1cc(Br)ccc1OC)C(C)(C)N(C)C. The van der Waals surface area contributed by atoms with Crippen LogP contribution in [0.1, 0.15) is 32.8 Å². The van der Waals surface area contributed by atoms with Gasteiger partial charge < -0.3 is 15.0 Å². The van der Waals surface area contributed by atoms with Gasteiger partial charge in [-0.05, 0) is 71.1 Å². The number of hydrogen-bond acceptors (Lipinski definition) is 3. The van der Waals surface area contributed by atoms with Crippen molar-refractivity contribution < 1.29 is 4.74 Å². The molecule has 0 saturated carbocycles. The molecule has 0 fully saturated rings. The average molecular weight is 357 g/mol. The number of hydrogen-bond donors (Lipinski definition) is 1. The minimum Gasteiger partial charge on any atom is -0.496 e. The predicted molar refractivity (Wildman–Crippen MR) is 94.2 cm³/mol. The van der Waals surface area contributed by atoms with Crippen LogP contribution in [0.4, 0.5) is 0 Å². The molecule has 1 unspecified atom stereocenters. The number of likely N-dealkylation sites (N-methyl/N-ethyl adjacent to an activating group) is 1. The van der Waals surface area contributed by atoms with Gasteiger partial charge in [0.15, 0.2) is 0 Å². The Morgan fingerprint density at radius 1 is 1.33 bits per heavy atom. The van der Waals surface area contributed by atoms with Crippen molar-refractivity contribution in [3.05, 3.63) is 28.2 Å². The summed E-state index contributed by atoms with van der Waals surface area (Å²) in [5.74, 6) is 0.955. The fourth-order valence-electron chi connectivity index (χ4n) is 2.33. The van der Waals surface area contributed by atoms with E-state index in [4.69, 9.17) is 4.74 Å². The van der Waals surface area contributed by atoms with E-state index in [-0.39, 0.29) is 5.54 Å². The smallest absolute Gasteiger partial charge is 0.122 e. The lowest BCUT2D eigenvalue weighted by Crippen LogP contribution is -2.56. The fourth-order valence-corrected chi connectivity index (χ4v) is 2.74. The Morgan fingerprint density at radius 3 is 2.52 bits per heavy atom. The third-order valence-corrected chi connectivity index (χ3v) is 4.81. The molecule has 120 valence electrons. The normalized spacial score (nSPS) is 13.5. The number of nitrogens with zero attached hydrogens (tertiary/aromatic N) is 1. The van der Waals surface area contributed by atoms with Gasteiger partial charge in [-0.2, -0.15) is 0 Å². The summed E-state index contributed by atoms with van der Waals surface area (Å²) >= 11 is 3.56. The maximum absolute atomic E-state index is 5.52. The number of ether oxygens (including phenoxy) is 1. The summed E-state index contributed by atoms with van der Waals surface area (Å²) < 4.78 is 6.61. The van der Waals surface area contributed by atoms with Crippen molar-refractivity contribution in [2.75, 3.05) is 27.7 Å². The molecular formula is C17H29BrN2O. The summed E-state index contributed by atoms with van der Waals surface area (Å²) in [5, 5.41) is 3.70. The van der Waals surface area contributed by atoms with Crippen LogP contribution in [-0.2, 0) is 6.42 Å². The van der Waals surface area contributed by atoms with E-state index in [1.165, 1.54) is 5.56 Å². The highest BCUT2D eigenvalue weighted by molar-refractivity contribution is 9.10. The summed E-state index contributed by atoms with van der Waals surface area (Å²) in [4.78, 5) is 2.28. The van der Waals surface area contributed by atoms with Gasteiger partial charge in [0, 0.05) is 16.1 Å². The molecule has 3 nitrogen and oxygen atoms in total. The molecule has 4 heteroatoms. The van der Waals surface area contributed by atoms with Crippen LogP contribution < -0.4 is 10.1 Å². The van der Waals surface area contributed by atoms with Crippen LogP contribution in [0.15, 0.2) is 22.7 Å². The molecule has 0 bridgehead atoms. The summed E-state index contributed by atoms with van der Waals surface area (Å²) in [6.45, 7) is 7.79. The minimum atomic E-state index is 0.0580. The fraction of sp³-hybridized carbons (Fsp3) is 0.647. The highest BCUT2D eigenvalue weighted by Gasteiger charge is 2.31. The van der Waals surface area contributed by atoms with Crippen LogP contribution in [0, 0.1) is 0 Å². The molecule has 0 radical (unpaired) electrons. The molecule has 21 heavy (non-hydrogen) atoms. The van der Waals surface area contributed by atoms with Gasteiger partial charge in [-0.1, -0.05) is 22.9 Å². The van der Waals surface area contributed by atoms with Crippen molar-refractivity contribution in [3.8, 4) is 5.75 Å². The Bertz CT molecular complexity index is 446. The highest BCUT2D eigenvalue weighted by atomic mass is 79.9. The molecule has 0 saturated heterocycles. The third kappa shape index (κ3) is 4.97. The van der Waals surface area contributed by atoms with Gasteiger partial charge in [-0.15, -0.1) is 0 Å². The van der Waals surface area contributed by atoms with E-state index < -0.39 is 0 Å². The Balaban J connectivity index is 3.03. The second-order valence-corrected chi connectivity index (χ2v) is 7.13. The molecule has 0 spiro atoms. The van der Waals surface area contributed by atoms with Crippen LogP contribution in [0.5, 0.6) is 5.75 Å². The lowest BCUT2D eigenvalue weighted by Gasteiger charge is -2.41. The minimum absolute atomic E-state index is 0.0580. The predicted octanol–water partition coefficient (Wildman–Crippen LogP) is 3.71. The van der Waals surface area contributed by atoms with Gasteiger partial charge in [-0.3, -0.25) is 0 Å². The Morgan fingerprint density at radius 2 is 2.00 bits per heavy atom. The van der Waals surface area contributed by atoms with Crippen molar-refractivity contribution in [1.29, 1.82) is 0 Å². The number of benzene rings is 1. The molecular weight excluding hydrogens is 328 g/mol. The molecule has 0 amide bonds. The summed E-state index contributed by atoms with van der Waals surface area (Å²) in [7, 11) is 6.01. The zero-order valence-corrected chi connectivity index (χ0v) is 15.8. The first-order valence-electron chi connectivity index (χ1n) is 7.56. The van der Waals surface area contributed by atoms with Gasteiger partial charge >= 0.3 is 0 Å². The van der Waals surface area contributed by atoms with E-state index in [1.807, 2.05) is 12.1 Å². The average Bonchev–Trinajstić information content (AvgIpc) is 2.43. The van der Waals surface area contributed by atoms with E-state index in [1.54, 1.807) is 7.11 Å². The number of methoxy groups -OCH3 is 1. The van der Waals surface area contributed by atoms with E-state index in [0.717, 1.165) is 29.6 Å². The van der Waals surface area contributed by atoms with Crippen molar-refractivity contribution in [2.24, 2.45) is 0 Å². The van der Waals surface area contributed by atoms with Gasteiger partial charge in [-0.25, -0.2) is 0 Å². The van der Waals surface area contributed by atoms with E-state index in [9.17, 15) is 0 Å². The third-order valence-electron chi connectivity index (χ3n) is 4.31. The van der Waals surface area contributed by atoms with Gasteiger partial charge in [0.05, 0.1) is 7.11 Å². The van der Waals surface area contributed by atoms with Gasteiger partial charge in [0.25, 0.3) is 0 Å². The van der Waals surface area contributed by atoms with Gasteiger partial charge in [0.2, 0.25) is 0 Å². The zero-order valence-electron chi connectivity index (χ0n) is 14.2. The maximum atomic E-state index is 5.52.